The number of hydrogen-bond acceptors (Lipinski definition) is 4. The standard InChI is InChI=1S/C20H24N4O3/c1-23-10-8-21-18(23)17(25)14-6-4-9-24(12-14)20(27)15-11-13-5-2-3-7-16(13)22-19(15)26/h8,10-11,14H,2-7,9,12H2,1H3,(H,22,26)/t14-/m1/s1. The summed E-state index contributed by atoms with van der Waals surface area (Å²) in [5, 5.41) is 0. The van der Waals surface area contributed by atoms with Gasteiger partial charge in [0.25, 0.3) is 11.5 Å². The van der Waals surface area contributed by atoms with Crippen LogP contribution in [0.1, 0.15) is 57.9 Å². The van der Waals surface area contributed by atoms with Crippen molar-refractivity contribution in [2.45, 2.75) is 38.5 Å². The molecule has 2 aromatic rings. The van der Waals surface area contributed by atoms with Crippen molar-refractivity contribution in [3.8, 4) is 0 Å². The summed E-state index contributed by atoms with van der Waals surface area (Å²) in [5.41, 5.74) is 1.91. The number of nitrogens with one attached hydrogen (secondary N) is 1. The maximum atomic E-state index is 13.0. The molecule has 1 fully saturated rings. The van der Waals surface area contributed by atoms with E-state index in [1.54, 1.807) is 35.0 Å². The van der Waals surface area contributed by atoms with Gasteiger partial charge in [-0.2, -0.15) is 0 Å². The maximum Gasteiger partial charge on any atom is 0.261 e. The number of aryl methyl sites for hydroxylation is 3. The highest BCUT2D eigenvalue weighted by molar-refractivity contribution is 5.97. The number of piperidine rings is 1. The Morgan fingerprint density at radius 3 is 2.81 bits per heavy atom. The van der Waals surface area contributed by atoms with Gasteiger partial charge in [-0.25, -0.2) is 4.98 Å². The summed E-state index contributed by atoms with van der Waals surface area (Å²) < 4.78 is 1.71. The number of pyridine rings is 1. The second-order valence-electron chi connectivity index (χ2n) is 7.54. The van der Waals surface area contributed by atoms with Crippen LogP contribution in [0, 0.1) is 5.92 Å². The van der Waals surface area contributed by atoms with Gasteiger partial charge in [0.1, 0.15) is 5.56 Å². The molecule has 0 radical (unpaired) electrons. The number of carbonyl (C=O) groups excluding carboxylic acids is 2. The van der Waals surface area contributed by atoms with E-state index in [1.165, 1.54) is 0 Å². The first-order chi connectivity index (χ1) is 13.0. The number of carbonyl (C=O) groups is 2. The van der Waals surface area contributed by atoms with Gasteiger partial charge in [0.2, 0.25) is 5.78 Å². The van der Waals surface area contributed by atoms with Crippen LogP contribution in [-0.2, 0) is 19.9 Å². The van der Waals surface area contributed by atoms with Crippen LogP contribution in [0.4, 0.5) is 0 Å². The van der Waals surface area contributed by atoms with Crippen LogP contribution in [0.5, 0.6) is 0 Å². The highest BCUT2D eigenvalue weighted by atomic mass is 16.2. The number of aromatic amines is 1. The van der Waals surface area contributed by atoms with Gasteiger partial charge in [-0.3, -0.25) is 14.4 Å². The number of rotatable bonds is 3. The molecule has 2 aliphatic rings. The molecule has 1 amide bonds. The van der Waals surface area contributed by atoms with E-state index in [0.29, 0.717) is 18.9 Å². The smallest absolute Gasteiger partial charge is 0.261 e. The first kappa shape index (κ1) is 17.7. The third-order valence-corrected chi connectivity index (χ3v) is 5.69. The molecule has 0 unspecified atom stereocenters. The zero-order chi connectivity index (χ0) is 19.0. The molecule has 0 aromatic carbocycles. The predicted molar refractivity (Wildman–Crippen MR) is 99.9 cm³/mol. The third kappa shape index (κ3) is 3.34. The van der Waals surface area contributed by atoms with E-state index in [0.717, 1.165) is 49.8 Å². The van der Waals surface area contributed by atoms with Crippen molar-refractivity contribution in [2.24, 2.45) is 13.0 Å². The van der Waals surface area contributed by atoms with Gasteiger partial charge < -0.3 is 14.5 Å². The van der Waals surface area contributed by atoms with E-state index in [9.17, 15) is 14.4 Å². The summed E-state index contributed by atoms with van der Waals surface area (Å²) in [7, 11) is 1.79. The van der Waals surface area contributed by atoms with Gasteiger partial charge in [0.05, 0.1) is 0 Å². The predicted octanol–water partition coefficient (Wildman–Crippen LogP) is 1.72. The number of fused-ring (bicyclic) bond motifs is 1. The van der Waals surface area contributed by atoms with E-state index in [-0.39, 0.29) is 28.7 Å². The molecule has 1 aliphatic heterocycles. The molecular weight excluding hydrogens is 344 g/mol. The molecule has 4 rings (SSSR count). The van der Waals surface area contributed by atoms with Gasteiger partial charge in [-0.05, 0) is 50.2 Å². The van der Waals surface area contributed by atoms with Crippen molar-refractivity contribution in [1.82, 2.24) is 19.4 Å². The van der Waals surface area contributed by atoms with Crippen molar-refractivity contribution in [2.75, 3.05) is 13.1 Å². The Balaban J connectivity index is 1.55. The number of nitrogens with zero attached hydrogens (tertiary/aromatic N) is 3. The number of imidazole rings is 1. The van der Waals surface area contributed by atoms with Crippen molar-refractivity contribution in [3.05, 3.63) is 51.5 Å². The third-order valence-electron chi connectivity index (χ3n) is 5.69. The maximum absolute atomic E-state index is 13.0. The summed E-state index contributed by atoms with van der Waals surface area (Å²) in [6, 6.07) is 1.76. The molecular formula is C20H24N4O3. The van der Waals surface area contributed by atoms with Crippen molar-refractivity contribution >= 4 is 11.7 Å². The zero-order valence-electron chi connectivity index (χ0n) is 15.5. The number of likely N-dealkylation sites (tertiary alicyclic amines) is 1. The molecule has 1 saturated heterocycles. The molecule has 1 N–H and O–H groups in total. The zero-order valence-corrected chi connectivity index (χ0v) is 15.5. The van der Waals surface area contributed by atoms with Crippen molar-refractivity contribution in [1.29, 1.82) is 0 Å². The molecule has 7 nitrogen and oxygen atoms in total. The lowest BCUT2D eigenvalue weighted by molar-refractivity contribution is 0.0631. The first-order valence-corrected chi connectivity index (χ1v) is 9.60. The number of aromatic nitrogens is 3. The Labute approximate surface area is 157 Å². The lowest BCUT2D eigenvalue weighted by atomic mass is 9.92. The largest absolute Gasteiger partial charge is 0.338 e. The fourth-order valence-electron chi connectivity index (χ4n) is 4.17. The normalized spacial score (nSPS) is 19.6. The van der Waals surface area contributed by atoms with E-state index in [2.05, 4.69) is 9.97 Å². The Kier molecular flexibility index (Phi) is 4.68. The van der Waals surface area contributed by atoms with E-state index in [1.807, 2.05) is 0 Å². The Bertz CT molecular complexity index is 943. The lowest BCUT2D eigenvalue weighted by Crippen LogP contribution is -2.44. The number of H-pyrrole nitrogens is 1. The van der Waals surface area contributed by atoms with Gasteiger partial charge in [-0.15, -0.1) is 0 Å². The molecule has 7 heteroatoms. The lowest BCUT2D eigenvalue weighted by Gasteiger charge is -2.32. The monoisotopic (exact) mass is 368 g/mol. The van der Waals surface area contributed by atoms with Gasteiger partial charge >= 0.3 is 0 Å². The van der Waals surface area contributed by atoms with Crippen LogP contribution in [-0.4, -0.2) is 44.2 Å². The Hall–Kier alpha value is -2.70. The average Bonchev–Trinajstić information content (AvgIpc) is 3.12. The van der Waals surface area contributed by atoms with E-state index < -0.39 is 0 Å². The summed E-state index contributed by atoms with van der Waals surface area (Å²) in [6.45, 7) is 0.904. The minimum Gasteiger partial charge on any atom is -0.338 e. The highest BCUT2D eigenvalue weighted by Gasteiger charge is 2.32. The molecule has 3 heterocycles. The minimum absolute atomic E-state index is 0.0423. The van der Waals surface area contributed by atoms with Crippen LogP contribution in [0.2, 0.25) is 0 Å². The van der Waals surface area contributed by atoms with Crippen molar-refractivity contribution < 1.29 is 9.59 Å². The fourth-order valence-corrected chi connectivity index (χ4v) is 4.17. The first-order valence-electron chi connectivity index (χ1n) is 9.60. The van der Waals surface area contributed by atoms with Crippen LogP contribution >= 0.6 is 0 Å². The minimum atomic E-state index is -0.321. The summed E-state index contributed by atoms with van der Waals surface area (Å²) >= 11 is 0. The Morgan fingerprint density at radius 2 is 2.04 bits per heavy atom. The van der Waals surface area contributed by atoms with E-state index >= 15 is 0 Å². The molecule has 2 aromatic heterocycles. The number of ketones is 1. The van der Waals surface area contributed by atoms with Gasteiger partial charge in [0, 0.05) is 44.1 Å². The highest BCUT2D eigenvalue weighted by Crippen LogP contribution is 2.23. The van der Waals surface area contributed by atoms with Crippen LogP contribution in [0.3, 0.4) is 0 Å². The molecule has 1 aliphatic carbocycles. The Morgan fingerprint density at radius 1 is 1.22 bits per heavy atom. The second kappa shape index (κ2) is 7.13. The van der Waals surface area contributed by atoms with Crippen LogP contribution < -0.4 is 5.56 Å². The van der Waals surface area contributed by atoms with Crippen LogP contribution in [0.15, 0.2) is 23.3 Å². The molecule has 0 bridgehead atoms. The number of hydrogen-bond donors (Lipinski definition) is 1. The second-order valence-corrected chi connectivity index (χ2v) is 7.54. The SMILES string of the molecule is Cn1ccnc1C(=O)[C@@H]1CCCN(C(=O)c2cc3c([nH]c2=O)CCCC3)C1. The fraction of sp³-hybridized carbons (Fsp3) is 0.500. The van der Waals surface area contributed by atoms with Gasteiger partial charge in [0.15, 0.2) is 5.82 Å². The van der Waals surface area contributed by atoms with Gasteiger partial charge in [-0.1, -0.05) is 0 Å². The molecule has 1 atom stereocenters. The molecule has 0 saturated carbocycles. The summed E-state index contributed by atoms with van der Waals surface area (Å²) in [5.74, 6) is -0.178. The van der Waals surface area contributed by atoms with E-state index in [4.69, 9.17) is 0 Å². The molecule has 0 spiro atoms. The summed E-state index contributed by atoms with van der Waals surface area (Å²) in [4.78, 5) is 46.9. The van der Waals surface area contributed by atoms with Crippen LogP contribution in [0.25, 0.3) is 0 Å². The average molecular weight is 368 g/mol. The quantitative estimate of drug-likeness (QED) is 0.836. The number of amides is 1. The molecule has 142 valence electrons. The topological polar surface area (TPSA) is 88.1 Å². The molecule has 27 heavy (non-hydrogen) atoms. The van der Waals surface area contributed by atoms with Crippen molar-refractivity contribution in [3.63, 3.8) is 0 Å². The summed E-state index contributed by atoms with van der Waals surface area (Å²) in [6.07, 6.45) is 8.73. The number of Topliss-reactive ketones (excluding diaryl/α,β-unsaturated/α-hetero) is 1.